The third-order valence-electron chi connectivity index (χ3n) is 4.13. The fourth-order valence-electron chi connectivity index (χ4n) is 2.87. The van der Waals surface area contributed by atoms with Gasteiger partial charge < -0.3 is 10.6 Å². The van der Waals surface area contributed by atoms with Crippen molar-refractivity contribution in [1.82, 2.24) is 9.62 Å². The first kappa shape index (κ1) is 18.4. The number of nitrogens with two attached hydrogens (primary N) is 1. The Balaban J connectivity index is 2.66. The van der Waals surface area contributed by atoms with Gasteiger partial charge in [-0.1, -0.05) is 13.8 Å². The summed E-state index contributed by atoms with van der Waals surface area (Å²) in [5.74, 6) is 0.198. The van der Waals surface area contributed by atoms with Gasteiger partial charge in [-0.05, 0) is 31.6 Å². The third-order valence-corrected chi connectivity index (χ3v) is 4.86. The predicted molar refractivity (Wildman–Crippen MR) is 84.2 cm³/mol. The van der Waals surface area contributed by atoms with E-state index < -0.39 is 10.0 Å². The lowest BCUT2D eigenvalue weighted by Crippen LogP contribution is -2.49. The second kappa shape index (κ2) is 8.10. The molecule has 1 rings (SSSR count). The molecule has 0 radical (unpaired) electrons. The van der Waals surface area contributed by atoms with Gasteiger partial charge in [0.2, 0.25) is 15.9 Å². The lowest BCUT2D eigenvalue weighted by molar-refractivity contribution is -0.140. The number of likely N-dealkylation sites (tertiary alicyclic amines) is 1. The number of carbonyl (C=O) groups is 1. The van der Waals surface area contributed by atoms with Crippen molar-refractivity contribution >= 4 is 15.9 Å². The average Bonchev–Trinajstić information content (AvgIpc) is 2.38. The van der Waals surface area contributed by atoms with E-state index in [1.807, 2.05) is 18.7 Å². The molecule has 0 aliphatic carbocycles. The van der Waals surface area contributed by atoms with Crippen LogP contribution in [0.4, 0.5) is 0 Å². The Kier molecular flexibility index (Phi) is 7.09. The molecule has 21 heavy (non-hydrogen) atoms. The number of sulfonamides is 1. The monoisotopic (exact) mass is 319 g/mol. The number of hydrogen-bond acceptors (Lipinski definition) is 4. The molecular formula is C14H29N3O3S. The highest BCUT2D eigenvalue weighted by atomic mass is 32.2. The van der Waals surface area contributed by atoms with Gasteiger partial charge in [0.15, 0.2) is 0 Å². The van der Waals surface area contributed by atoms with Crippen LogP contribution in [0, 0.1) is 11.8 Å². The van der Waals surface area contributed by atoms with E-state index in [4.69, 9.17) is 5.73 Å². The summed E-state index contributed by atoms with van der Waals surface area (Å²) < 4.78 is 24.8. The molecule has 124 valence electrons. The quantitative estimate of drug-likeness (QED) is 0.716. The summed E-state index contributed by atoms with van der Waals surface area (Å²) in [6.45, 7) is 5.52. The van der Waals surface area contributed by atoms with Crippen molar-refractivity contribution in [2.45, 2.75) is 45.6 Å². The molecule has 1 fully saturated rings. The summed E-state index contributed by atoms with van der Waals surface area (Å²) >= 11 is 0. The molecular weight excluding hydrogens is 290 g/mol. The van der Waals surface area contributed by atoms with Crippen molar-refractivity contribution in [2.24, 2.45) is 17.6 Å². The van der Waals surface area contributed by atoms with Gasteiger partial charge in [0.1, 0.15) is 0 Å². The van der Waals surface area contributed by atoms with E-state index in [-0.39, 0.29) is 23.8 Å². The van der Waals surface area contributed by atoms with Crippen LogP contribution in [0.5, 0.6) is 0 Å². The minimum atomic E-state index is -3.17. The minimum absolute atomic E-state index is 0.119. The van der Waals surface area contributed by atoms with Crippen LogP contribution in [0.1, 0.15) is 39.5 Å². The number of piperidine rings is 1. The highest BCUT2D eigenvalue weighted by Gasteiger charge is 2.32. The molecule has 1 aliphatic heterocycles. The van der Waals surface area contributed by atoms with Gasteiger partial charge in [0, 0.05) is 25.7 Å². The van der Waals surface area contributed by atoms with Crippen molar-refractivity contribution < 1.29 is 13.2 Å². The Bertz CT molecular complexity index is 437. The van der Waals surface area contributed by atoms with Gasteiger partial charge in [0.05, 0.1) is 12.2 Å². The summed E-state index contributed by atoms with van der Waals surface area (Å²) in [6.07, 6.45) is 4.85. The van der Waals surface area contributed by atoms with Gasteiger partial charge in [-0.2, -0.15) is 0 Å². The molecule has 3 N–H and O–H groups in total. The summed E-state index contributed by atoms with van der Waals surface area (Å²) in [7, 11) is -3.17. The van der Waals surface area contributed by atoms with Crippen LogP contribution in [0.3, 0.4) is 0 Å². The number of amides is 1. The molecule has 1 aliphatic rings. The first-order valence-electron chi connectivity index (χ1n) is 7.71. The van der Waals surface area contributed by atoms with E-state index in [1.165, 1.54) is 0 Å². The molecule has 2 unspecified atom stereocenters. The molecule has 1 heterocycles. The topological polar surface area (TPSA) is 92.5 Å². The molecule has 6 nitrogen and oxygen atoms in total. The molecule has 2 atom stereocenters. The zero-order chi connectivity index (χ0) is 16.0. The van der Waals surface area contributed by atoms with Gasteiger partial charge in [0.25, 0.3) is 0 Å². The normalized spacial score (nSPS) is 21.6. The van der Waals surface area contributed by atoms with E-state index in [1.54, 1.807) is 0 Å². The van der Waals surface area contributed by atoms with Crippen molar-refractivity contribution in [2.75, 3.05) is 25.9 Å². The number of nitrogens with one attached hydrogen (secondary N) is 1. The zero-order valence-electron chi connectivity index (χ0n) is 13.3. The van der Waals surface area contributed by atoms with Crippen molar-refractivity contribution in [3.05, 3.63) is 0 Å². The van der Waals surface area contributed by atoms with Crippen LogP contribution in [-0.4, -0.2) is 51.2 Å². The molecule has 0 spiro atoms. The van der Waals surface area contributed by atoms with Gasteiger partial charge in [-0.3, -0.25) is 4.79 Å². The summed E-state index contributed by atoms with van der Waals surface area (Å²) in [5.41, 5.74) is 5.74. The maximum absolute atomic E-state index is 12.6. The largest absolute Gasteiger partial charge is 0.339 e. The number of rotatable bonds is 7. The van der Waals surface area contributed by atoms with Crippen LogP contribution in [-0.2, 0) is 14.8 Å². The summed E-state index contributed by atoms with van der Waals surface area (Å²) in [4.78, 5) is 14.6. The molecule has 1 saturated heterocycles. The molecule has 0 aromatic heterocycles. The Labute approximate surface area is 128 Å². The lowest BCUT2D eigenvalue weighted by atomic mass is 9.91. The smallest absolute Gasteiger partial charge is 0.227 e. The molecule has 0 aromatic carbocycles. The van der Waals surface area contributed by atoms with E-state index >= 15 is 0 Å². The van der Waals surface area contributed by atoms with Gasteiger partial charge in [-0.25, -0.2) is 13.1 Å². The van der Waals surface area contributed by atoms with Crippen LogP contribution in [0.25, 0.3) is 0 Å². The van der Waals surface area contributed by atoms with Gasteiger partial charge in [-0.15, -0.1) is 0 Å². The first-order chi connectivity index (χ1) is 9.76. The Hall–Kier alpha value is -0.660. The fourth-order valence-corrected chi connectivity index (χ4v) is 3.36. The minimum Gasteiger partial charge on any atom is -0.339 e. The second-order valence-electron chi connectivity index (χ2n) is 6.22. The standard InChI is InChI=1S/C14H29N3O3S/c1-11(2)13(10-15)14(18)17-9-5-4-6-12(17)7-8-16-21(3,19)20/h11-13,16H,4-10,15H2,1-3H3. The highest BCUT2D eigenvalue weighted by Crippen LogP contribution is 2.23. The van der Waals surface area contributed by atoms with Crippen LogP contribution in [0.15, 0.2) is 0 Å². The maximum Gasteiger partial charge on any atom is 0.227 e. The number of hydrogen-bond donors (Lipinski definition) is 2. The van der Waals surface area contributed by atoms with Crippen LogP contribution >= 0.6 is 0 Å². The highest BCUT2D eigenvalue weighted by molar-refractivity contribution is 7.88. The van der Waals surface area contributed by atoms with E-state index in [0.717, 1.165) is 32.1 Å². The average molecular weight is 319 g/mol. The Morgan fingerprint density at radius 3 is 2.57 bits per heavy atom. The summed E-state index contributed by atoms with van der Waals surface area (Å²) in [6, 6.07) is 0.119. The molecule has 1 amide bonds. The fraction of sp³-hybridized carbons (Fsp3) is 0.929. The van der Waals surface area contributed by atoms with Crippen molar-refractivity contribution in [3.63, 3.8) is 0 Å². The maximum atomic E-state index is 12.6. The van der Waals surface area contributed by atoms with E-state index in [0.29, 0.717) is 19.5 Å². The van der Waals surface area contributed by atoms with Crippen molar-refractivity contribution in [1.29, 1.82) is 0 Å². The van der Waals surface area contributed by atoms with Gasteiger partial charge >= 0.3 is 0 Å². The molecule has 0 saturated carbocycles. The van der Waals surface area contributed by atoms with Crippen LogP contribution in [0.2, 0.25) is 0 Å². The number of carbonyl (C=O) groups excluding carboxylic acids is 1. The van der Waals surface area contributed by atoms with E-state index in [2.05, 4.69) is 4.72 Å². The molecule has 7 heteroatoms. The van der Waals surface area contributed by atoms with Crippen LogP contribution < -0.4 is 10.5 Å². The van der Waals surface area contributed by atoms with E-state index in [9.17, 15) is 13.2 Å². The zero-order valence-corrected chi connectivity index (χ0v) is 14.2. The van der Waals surface area contributed by atoms with Crippen molar-refractivity contribution in [3.8, 4) is 0 Å². The SMILES string of the molecule is CC(C)C(CN)C(=O)N1CCCCC1CCNS(C)(=O)=O. The number of nitrogens with zero attached hydrogens (tertiary/aromatic N) is 1. The lowest BCUT2D eigenvalue weighted by Gasteiger charge is -2.38. The molecule has 0 bridgehead atoms. The Morgan fingerprint density at radius 2 is 2.05 bits per heavy atom. The third kappa shape index (κ3) is 5.92. The molecule has 0 aromatic rings. The summed E-state index contributed by atoms with van der Waals surface area (Å²) in [5, 5.41) is 0. The predicted octanol–water partition coefficient (Wildman–Crippen LogP) is 0.538. The second-order valence-corrected chi connectivity index (χ2v) is 8.06. The Morgan fingerprint density at radius 1 is 1.38 bits per heavy atom. The first-order valence-corrected chi connectivity index (χ1v) is 9.60.